The highest BCUT2D eigenvalue weighted by Crippen LogP contribution is 2.41. The SMILES string of the molecule is Cc1ccc2c(oc3nc(F)ccc32)c1-c1c2scc(C(C)C)c2nc[n+]1C. The van der Waals surface area contributed by atoms with E-state index in [9.17, 15) is 4.39 Å². The number of pyridine rings is 1. The first kappa shape index (κ1) is 17.3. The lowest BCUT2D eigenvalue weighted by molar-refractivity contribution is -0.662. The first-order chi connectivity index (χ1) is 13.5. The highest BCUT2D eigenvalue weighted by atomic mass is 32.1. The number of fused-ring (bicyclic) bond motifs is 4. The van der Waals surface area contributed by atoms with Crippen LogP contribution in [0.4, 0.5) is 4.39 Å². The summed E-state index contributed by atoms with van der Waals surface area (Å²) < 4.78 is 22.9. The summed E-state index contributed by atoms with van der Waals surface area (Å²) in [4.78, 5) is 8.63. The molecule has 28 heavy (non-hydrogen) atoms. The average molecular weight is 392 g/mol. The van der Waals surface area contributed by atoms with Gasteiger partial charge in [0.05, 0.1) is 12.6 Å². The van der Waals surface area contributed by atoms with E-state index in [1.54, 1.807) is 17.4 Å². The van der Waals surface area contributed by atoms with Gasteiger partial charge in [0, 0.05) is 16.3 Å². The summed E-state index contributed by atoms with van der Waals surface area (Å²) in [6.07, 6.45) is 1.86. The molecule has 6 heteroatoms. The quantitative estimate of drug-likeness (QED) is 0.288. The Morgan fingerprint density at radius 1 is 1.14 bits per heavy atom. The molecule has 0 atom stereocenters. The highest BCUT2D eigenvalue weighted by Gasteiger charge is 2.25. The van der Waals surface area contributed by atoms with Crippen LogP contribution in [0.2, 0.25) is 0 Å². The van der Waals surface area contributed by atoms with Crippen molar-refractivity contribution in [2.75, 3.05) is 0 Å². The molecule has 0 radical (unpaired) electrons. The second-order valence-electron chi connectivity index (χ2n) is 7.45. The molecule has 0 amide bonds. The van der Waals surface area contributed by atoms with Gasteiger partial charge < -0.3 is 4.42 Å². The molecule has 5 aromatic rings. The van der Waals surface area contributed by atoms with Crippen LogP contribution in [-0.4, -0.2) is 9.97 Å². The van der Waals surface area contributed by atoms with E-state index in [-0.39, 0.29) is 0 Å². The Bertz CT molecular complexity index is 1380. The smallest absolute Gasteiger partial charge is 0.287 e. The molecule has 0 aliphatic rings. The van der Waals surface area contributed by atoms with E-state index in [0.717, 1.165) is 43.4 Å². The number of rotatable bonds is 2. The lowest BCUT2D eigenvalue weighted by Crippen LogP contribution is -2.31. The van der Waals surface area contributed by atoms with Gasteiger partial charge in [0.25, 0.3) is 6.33 Å². The zero-order valence-electron chi connectivity index (χ0n) is 16.1. The number of hydrogen-bond acceptors (Lipinski definition) is 4. The molecule has 0 bridgehead atoms. The lowest BCUT2D eigenvalue weighted by Gasteiger charge is -2.08. The second kappa shape index (κ2) is 6.07. The van der Waals surface area contributed by atoms with E-state index in [2.05, 4.69) is 37.2 Å². The molecule has 0 spiro atoms. The number of halogens is 1. The topological polar surface area (TPSA) is 42.8 Å². The number of furan rings is 1. The van der Waals surface area contributed by atoms with E-state index in [1.807, 2.05) is 24.0 Å². The normalized spacial score (nSPS) is 12.1. The molecular formula is C22H19FN3OS+. The number of benzene rings is 1. The van der Waals surface area contributed by atoms with Crippen LogP contribution in [0.15, 0.2) is 40.4 Å². The minimum absolute atomic E-state index is 0.323. The maximum Gasteiger partial charge on any atom is 0.287 e. The summed E-state index contributed by atoms with van der Waals surface area (Å²) >= 11 is 1.70. The first-order valence-electron chi connectivity index (χ1n) is 9.20. The zero-order valence-corrected chi connectivity index (χ0v) is 16.9. The monoisotopic (exact) mass is 392 g/mol. The fourth-order valence-corrected chi connectivity index (χ4v) is 5.09. The van der Waals surface area contributed by atoms with Crippen LogP contribution < -0.4 is 4.57 Å². The van der Waals surface area contributed by atoms with Crippen LogP contribution in [0.5, 0.6) is 0 Å². The Labute approximate surface area is 165 Å². The molecule has 140 valence electrons. The van der Waals surface area contributed by atoms with Crippen molar-refractivity contribution < 1.29 is 13.4 Å². The lowest BCUT2D eigenvalue weighted by atomic mass is 9.99. The van der Waals surface area contributed by atoms with E-state index in [0.29, 0.717) is 11.6 Å². The van der Waals surface area contributed by atoms with E-state index in [1.165, 1.54) is 11.6 Å². The van der Waals surface area contributed by atoms with Crippen molar-refractivity contribution in [3.05, 3.63) is 53.0 Å². The molecule has 0 aliphatic carbocycles. The molecule has 0 saturated carbocycles. The Hall–Kier alpha value is -2.86. The number of hydrogen-bond donors (Lipinski definition) is 0. The van der Waals surface area contributed by atoms with Gasteiger partial charge in [-0.25, -0.2) is 4.57 Å². The molecule has 0 fully saturated rings. The van der Waals surface area contributed by atoms with E-state index < -0.39 is 5.95 Å². The second-order valence-corrected chi connectivity index (χ2v) is 8.33. The summed E-state index contributed by atoms with van der Waals surface area (Å²) in [7, 11) is 2.00. The molecule has 0 unspecified atom stereocenters. The van der Waals surface area contributed by atoms with Crippen molar-refractivity contribution in [2.45, 2.75) is 26.7 Å². The van der Waals surface area contributed by atoms with Crippen LogP contribution in [0, 0.1) is 12.9 Å². The van der Waals surface area contributed by atoms with Gasteiger partial charge in [-0.1, -0.05) is 26.0 Å². The zero-order chi connectivity index (χ0) is 19.6. The van der Waals surface area contributed by atoms with Gasteiger partial charge in [-0.2, -0.15) is 9.37 Å². The predicted molar refractivity (Wildman–Crippen MR) is 110 cm³/mol. The minimum Gasteiger partial charge on any atom is -0.437 e. The van der Waals surface area contributed by atoms with E-state index >= 15 is 0 Å². The van der Waals surface area contributed by atoms with Gasteiger partial charge in [-0.05, 0) is 40.9 Å². The third-order valence-corrected chi connectivity index (χ3v) is 6.25. The summed E-state index contributed by atoms with van der Waals surface area (Å²) in [5.74, 6) is -0.140. The van der Waals surface area contributed by atoms with Crippen molar-refractivity contribution in [3.63, 3.8) is 0 Å². The summed E-state index contributed by atoms with van der Waals surface area (Å²) in [5.41, 5.74) is 6.49. The van der Waals surface area contributed by atoms with Crippen LogP contribution in [0.25, 0.3) is 43.5 Å². The molecule has 4 heterocycles. The van der Waals surface area contributed by atoms with Crippen LogP contribution in [0.3, 0.4) is 0 Å². The van der Waals surface area contributed by atoms with Gasteiger partial charge in [0.2, 0.25) is 17.2 Å². The highest BCUT2D eigenvalue weighted by molar-refractivity contribution is 7.17. The third kappa shape index (κ3) is 2.37. The van der Waals surface area contributed by atoms with Crippen molar-refractivity contribution in [3.8, 4) is 11.3 Å². The van der Waals surface area contributed by atoms with Gasteiger partial charge >= 0.3 is 0 Å². The average Bonchev–Trinajstić information content (AvgIpc) is 3.23. The maximum absolute atomic E-state index is 13.6. The van der Waals surface area contributed by atoms with Crippen LogP contribution >= 0.6 is 11.3 Å². The van der Waals surface area contributed by atoms with Crippen molar-refractivity contribution in [1.82, 2.24) is 9.97 Å². The summed E-state index contributed by atoms with van der Waals surface area (Å²) in [5, 5.41) is 3.95. The Morgan fingerprint density at radius 3 is 2.71 bits per heavy atom. The van der Waals surface area contributed by atoms with Crippen LogP contribution in [-0.2, 0) is 7.05 Å². The fraction of sp³-hybridized carbons (Fsp3) is 0.227. The Kier molecular flexibility index (Phi) is 3.74. The van der Waals surface area contributed by atoms with Gasteiger partial charge in [-0.3, -0.25) is 0 Å². The number of thiophene rings is 1. The number of aryl methyl sites for hydroxylation is 2. The largest absolute Gasteiger partial charge is 0.437 e. The number of nitrogens with zero attached hydrogens (tertiary/aromatic N) is 3. The van der Waals surface area contributed by atoms with Gasteiger partial charge in [-0.15, -0.1) is 11.3 Å². The van der Waals surface area contributed by atoms with Crippen molar-refractivity contribution >= 4 is 43.6 Å². The third-order valence-electron chi connectivity index (χ3n) is 5.26. The Morgan fingerprint density at radius 2 is 1.93 bits per heavy atom. The number of aromatic nitrogens is 3. The predicted octanol–water partition coefficient (Wildman–Crippen LogP) is 5.65. The molecule has 4 aromatic heterocycles. The molecule has 5 rings (SSSR count). The minimum atomic E-state index is -0.540. The van der Waals surface area contributed by atoms with E-state index in [4.69, 9.17) is 9.40 Å². The molecule has 0 N–H and O–H groups in total. The molecule has 0 saturated heterocycles. The van der Waals surface area contributed by atoms with Crippen molar-refractivity contribution in [2.24, 2.45) is 7.05 Å². The standard InChI is InChI=1S/C22H19FN3OS/c1-11(2)15-9-28-21-18(15)24-10-26(4)19(21)17-12(3)5-6-13-14-7-8-16(23)25-22(14)27-20(13)17/h5-11H,1-4H3/q+1. The van der Waals surface area contributed by atoms with Gasteiger partial charge in [0.15, 0.2) is 5.69 Å². The fourth-order valence-electron chi connectivity index (χ4n) is 3.82. The molecule has 0 aliphatic heterocycles. The summed E-state index contributed by atoms with van der Waals surface area (Å²) in [6.45, 7) is 6.43. The maximum atomic E-state index is 13.6. The molecule has 4 nitrogen and oxygen atoms in total. The Balaban J connectivity index is 1.93. The molecular weight excluding hydrogens is 373 g/mol. The first-order valence-corrected chi connectivity index (χ1v) is 10.1. The summed E-state index contributed by atoms with van der Waals surface area (Å²) in [6, 6.07) is 7.20. The van der Waals surface area contributed by atoms with Crippen LogP contribution in [0.1, 0.15) is 30.9 Å². The van der Waals surface area contributed by atoms with Gasteiger partial charge in [0.1, 0.15) is 10.3 Å². The molecule has 1 aromatic carbocycles. The van der Waals surface area contributed by atoms with Crippen molar-refractivity contribution in [1.29, 1.82) is 0 Å².